The monoisotopic (exact) mass is 402 g/mol. The zero-order chi connectivity index (χ0) is 20.7. The summed E-state index contributed by atoms with van der Waals surface area (Å²) in [4.78, 5) is 45.6. The smallest absolute Gasteiger partial charge is 0.283 e. The van der Waals surface area contributed by atoms with Gasteiger partial charge < -0.3 is 16.4 Å². The molecule has 2 rings (SSSR count). The second-order valence-electron chi connectivity index (χ2n) is 5.62. The lowest BCUT2D eigenvalue weighted by molar-refractivity contribution is -0.387. The van der Waals surface area contributed by atoms with Crippen LogP contribution in [0.15, 0.2) is 47.4 Å². The number of nitro benzene ring substituents is 1. The Morgan fingerprint density at radius 3 is 2.29 bits per heavy atom. The minimum Gasteiger partial charge on any atom is -0.366 e. The minimum absolute atomic E-state index is 0.0199. The van der Waals surface area contributed by atoms with Crippen molar-refractivity contribution in [1.82, 2.24) is 0 Å². The van der Waals surface area contributed by atoms with Crippen LogP contribution in [0.5, 0.6) is 0 Å². The molecule has 0 aliphatic heterocycles. The molecule has 0 aromatic heterocycles. The van der Waals surface area contributed by atoms with Crippen LogP contribution in [-0.4, -0.2) is 28.4 Å². The van der Waals surface area contributed by atoms with Crippen molar-refractivity contribution in [2.45, 2.75) is 18.2 Å². The molecular formula is C18H18N4O5S. The SMILES string of the molecule is CCC(=O)Nc1cccc(NC(=O)CSc2ccc(C(N)=O)cc2[N+](=O)[O-])c1. The van der Waals surface area contributed by atoms with E-state index in [0.717, 1.165) is 17.8 Å². The van der Waals surface area contributed by atoms with E-state index in [2.05, 4.69) is 10.6 Å². The van der Waals surface area contributed by atoms with E-state index in [0.29, 0.717) is 17.8 Å². The quantitative estimate of drug-likeness (QED) is 0.352. The van der Waals surface area contributed by atoms with Crippen LogP contribution < -0.4 is 16.4 Å². The van der Waals surface area contributed by atoms with E-state index in [1.165, 1.54) is 12.1 Å². The van der Waals surface area contributed by atoms with Crippen molar-refractivity contribution in [2.24, 2.45) is 5.73 Å². The molecule has 146 valence electrons. The summed E-state index contributed by atoms with van der Waals surface area (Å²) in [6.07, 6.45) is 0.334. The normalized spacial score (nSPS) is 10.2. The first-order valence-corrected chi connectivity index (χ1v) is 9.19. The van der Waals surface area contributed by atoms with Crippen molar-refractivity contribution >= 4 is 46.5 Å². The molecule has 28 heavy (non-hydrogen) atoms. The molecule has 0 saturated heterocycles. The number of rotatable bonds is 8. The highest BCUT2D eigenvalue weighted by molar-refractivity contribution is 8.00. The summed E-state index contributed by atoms with van der Waals surface area (Å²) < 4.78 is 0. The zero-order valence-electron chi connectivity index (χ0n) is 14.9. The maximum atomic E-state index is 12.2. The van der Waals surface area contributed by atoms with Crippen LogP contribution in [0.1, 0.15) is 23.7 Å². The number of hydrogen-bond acceptors (Lipinski definition) is 6. The highest BCUT2D eigenvalue weighted by atomic mass is 32.2. The third-order valence-electron chi connectivity index (χ3n) is 3.55. The minimum atomic E-state index is -0.771. The fraction of sp³-hybridized carbons (Fsp3) is 0.167. The van der Waals surface area contributed by atoms with E-state index >= 15 is 0 Å². The molecule has 4 N–H and O–H groups in total. The van der Waals surface area contributed by atoms with Gasteiger partial charge in [-0.05, 0) is 30.3 Å². The van der Waals surface area contributed by atoms with Gasteiger partial charge in [-0.1, -0.05) is 13.0 Å². The fourth-order valence-electron chi connectivity index (χ4n) is 2.20. The Morgan fingerprint density at radius 2 is 1.71 bits per heavy atom. The van der Waals surface area contributed by atoms with Gasteiger partial charge in [-0.2, -0.15) is 0 Å². The predicted molar refractivity (Wildman–Crippen MR) is 106 cm³/mol. The molecular weight excluding hydrogens is 384 g/mol. The summed E-state index contributed by atoms with van der Waals surface area (Å²) >= 11 is 0.966. The van der Waals surface area contributed by atoms with Crippen LogP contribution in [-0.2, 0) is 9.59 Å². The molecule has 0 bridgehead atoms. The summed E-state index contributed by atoms with van der Waals surface area (Å²) in [5.41, 5.74) is 5.90. The average molecular weight is 402 g/mol. The Kier molecular flexibility index (Phi) is 7.10. The van der Waals surface area contributed by atoms with E-state index in [-0.39, 0.29) is 33.7 Å². The van der Waals surface area contributed by atoms with E-state index in [1.807, 2.05) is 0 Å². The molecule has 0 radical (unpaired) electrons. The van der Waals surface area contributed by atoms with Crippen molar-refractivity contribution in [2.75, 3.05) is 16.4 Å². The van der Waals surface area contributed by atoms with Gasteiger partial charge in [0.15, 0.2) is 0 Å². The molecule has 2 aromatic carbocycles. The number of nitro groups is 1. The van der Waals surface area contributed by atoms with Gasteiger partial charge in [-0.25, -0.2) is 0 Å². The lowest BCUT2D eigenvalue weighted by Crippen LogP contribution is -2.15. The molecule has 0 aliphatic rings. The number of thioether (sulfide) groups is 1. The van der Waals surface area contributed by atoms with Crippen LogP contribution in [0, 0.1) is 10.1 Å². The second kappa shape index (κ2) is 9.51. The zero-order valence-corrected chi connectivity index (χ0v) is 15.7. The highest BCUT2D eigenvalue weighted by Crippen LogP contribution is 2.30. The first kappa shape index (κ1) is 20.9. The fourth-order valence-corrected chi connectivity index (χ4v) is 3.00. The highest BCUT2D eigenvalue weighted by Gasteiger charge is 2.18. The summed E-state index contributed by atoms with van der Waals surface area (Å²) in [5, 5.41) is 16.5. The summed E-state index contributed by atoms with van der Waals surface area (Å²) in [6, 6.07) is 10.5. The van der Waals surface area contributed by atoms with Gasteiger partial charge in [0.2, 0.25) is 17.7 Å². The van der Waals surface area contributed by atoms with Gasteiger partial charge in [0, 0.05) is 29.4 Å². The van der Waals surface area contributed by atoms with Crippen molar-refractivity contribution in [3.05, 3.63) is 58.1 Å². The number of nitrogens with two attached hydrogens (primary N) is 1. The van der Waals surface area contributed by atoms with E-state index in [9.17, 15) is 24.5 Å². The molecule has 0 atom stereocenters. The molecule has 10 heteroatoms. The van der Waals surface area contributed by atoms with Crippen molar-refractivity contribution in [3.8, 4) is 0 Å². The van der Waals surface area contributed by atoms with Crippen LogP contribution in [0.25, 0.3) is 0 Å². The number of carbonyl (C=O) groups excluding carboxylic acids is 3. The standard InChI is InChI=1S/C18H18N4O5S/c1-2-16(23)20-12-4-3-5-13(9-12)21-17(24)10-28-15-7-6-11(18(19)25)8-14(15)22(26)27/h3-9H,2,10H2,1H3,(H2,19,25)(H,20,23)(H,21,24). The first-order chi connectivity index (χ1) is 13.3. The number of carbonyl (C=O) groups is 3. The van der Waals surface area contributed by atoms with Crippen molar-refractivity contribution in [1.29, 1.82) is 0 Å². The largest absolute Gasteiger partial charge is 0.366 e. The molecule has 0 fully saturated rings. The topological polar surface area (TPSA) is 144 Å². The number of nitrogens with zero attached hydrogens (tertiary/aromatic N) is 1. The van der Waals surface area contributed by atoms with E-state index in [4.69, 9.17) is 5.73 Å². The van der Waals surface area contributed by atoms with Gasteiger partial charge in [0.1, 0.15) is 0 Å². The Bertz CT molecular complexity index is 932. The number of anilines is 2. The predicted octanol–water partition coefficient (Wildman–Crippen LogP) is 2.77. The molecule has 0 spiro atoms. The van der Waals surface area contributed by atoms with Crippen LogP contribution in [0.2, 0.25) is 0 Å². The number of hydrogen-bond donors (Lipinski definition) is 3. The van der Waals surface area contributed by atoms with E-state index < -0.39 is 10.8 Å². The average Bonchev–Trinajstić information content (AvgIpc) is 2.66. The van der Waals surface area contributed by atoms with Crippen molar-refractivity contribution in [3.63, 3.8) is 0 Å². The number of benzene rings is 2. The maximum Gasteiger partial charge on any atom is 0.283 e. The Balaban J connectivity index is 2.03. The third kappa shape index (κ3) is 5.81. The van der Waals surface area contributed by atoms with Crippen LogP contribution in [0.3, 0.4) is 0 Å². The number of amides is 3. The molecule has 0 aliphatic carbocycles. The maximum absolute atomic E-state index is 12.2. The van der Waals surface area contributed by atoms with Gasteiger partial charge >= 0.3 is 0 Å². The Hall–Kier alpha value is -3.40. The summed E-state index contributed by atoms with van der Waals surface area (Å²) in [7, 11) is 0. The molecule has 0 heterocycles. The number of nitrogens with one attached hydrogen (secondary N) is 2. The Morgan fingerprint density at radius 1 is 1.07 bits per heavy atom. The molecule has 0 saturated carbocycles. The van der Waals surface area contributed by atoms with Gasteiger partial charge in [-0.3, -0.25) is 24.5 Å². The summed E-state index contributed by atoms with van der Waals surface area (Å²) in [6.45, 7) is 1.73. The molecule has 0 unspecified atom stereocenters. The molecule has 9 nitrogen and oxygen atoms in total. The van der Waals surface area contributed by atoms with Crippen molar-refractivity contribution < 1.29 is 19.3 Å². The van der Waals surface area contributed by atoms with Gasteiger partial charge in [-0.15, -0.1) is 11.8 Å². The second-order valence-corrected chi connectivity index (χ2v) is 6.64. The summed E-state index contributed by atoms with van der Waals surface area (Å²) in [5.74, 6) is -1.38. The molecule has 3 amide bonds. The Labute approximate surface area is 164 Å². The van der Waals surface area contributed by atoms with Gasteiger partial charge in [0.05, 0.1) is 15.6 Å². The van der Waals surface area contributed by atoms with Gasteiger partial charge in [0.25, 0.3) is 5.69 Å². The van der Waals surface area contributed by atoms with E-state index in [1.54, 1.807) is 31.2 Å². The first-order valence-electron chi connectivity index (χ1n) is 8.21. The van der Waals surface area contributed by atoms with Crippen LogP contribution in [0.4, 0.5) is 17.1 Å². The lowest BCUT2D eigenvalue weighted by Gasteiger charge is -2.09. The third-order valence-corrected chi connectivity index (χ3v) is 4.61. The number of primary amides is 1. The molecule has 2 aromatic rings. The lowest BCUT2D eigenvalue weighted by atomic mass is 10.2. The van der Waals surface area contributed by atoms with Crippen LogP contribution >= 0.6 is 11.8 Å².